The van der Waals surface area contributed by atoms with Crippen LogP contribution in [0.3, 0.4) is 0 Å². The molecule has 1 aromatic heterocycles. The van der Waals surface area contributed by atoms with Gasteiger partial charge in [-0.1, -0.05) is 23.5 Å². The second-order valence-corrected chi connectivity index (χ2v) is 8.59. The van der Waals surface area contributed by atoms with E-state index in [-0.39, 0.29) is 11.8 Å². The molecule has 2 aliphatic heterocycles. The van der Waals surface area contributed by atoms with Crippen LogP contribution in [0.4, 0.5) is 10.8 Å². The minimum absolute atomic E-state index is 0.0922. The van der Waals surface area contributed by atoms with Crippen LogP contribution in [0.1, 0.15) is 0 Å². The summed E-state index contributed by atoms with van der Waals surface area (Å²) in [5.74, 6) is 1.25. The zero-order valence-corrected chi connectivity index (χ0v) is 17.3. The molecule has 5 rings (SSSR count). The molecule has 1 amide bonds. The largest absolute Gasteiger partial charge is 0.497 e. The van der Waals surface area contributed by atoms with Gasteiger partial charge in [0.1, 0.15) is 5.75 Å². The molecule has 29 heavy (non-hydrogen) atoms. The van der Waals surface area contributed by atoms with Crippen LogP contribution in [0.15, 0.2) is 48.5 Å². The first kappa shape index (κ1) is 18.2. The molecule has 6 nitrogen and oxygen atoms in total. The summed E-state index contributed by atoms with van der Waals surface area (Å²) in [5, 5.41) is 1.03. The van der Waals surface area contributed by atoms with Crippen LogP contribution in [-0.4, -0.2) is 62.2 Å². The van der Waals surface area contributed by atoms with Gasteiger partial charge in [0.05, 0.1) is 23.2 Å². The maximum atomic E-state index is 12.9. The third-order valence-corrected chi connectivity index (χ3v) is 6.91. The molecule has 0 unspecified atom stereocenters. The van der Waals surface area contributed by atoms with Gasteiger partial charge < -0.3 is 19.4 Å². The van der Waals surface area contributed by atoms with Crippen LogP contribution >= 0.6 is 11.3 Å². The maximum Gasteiger partial charge on any atom is 0.229 e. The number of para-hydroxylation sites is 1. The van der Waals surface area contributed by atoms with E-state index in [1.165, 1.54) is 10.4 Å². The van der Waals surface area contributed by atoms with Crippen LogP contribution in [0, 0.1) is 5.92 Å². The molecule has 3 aromatic rings. The molecule has 0 aliphatic carbocycles. The fraction of sp³-hybridized carbons (Fsp3) is 0.364. The fourth-order valence-electron chi connectivity index (χ4n) is 4.02. The van der Waals surface area contributed by atoms with Crippen molar-refractivity contribution < 1.29 is 9.53 Å². The highest BCUT2D eigenvalue weighted by atomic mass is 32.1. The lowest BCUT2D eigenvalue weighted by Gasteiger charge is -2.43. The van der Waals surface area contributed by atoms with Crippen molar-refractivity contribution in [1.29, 1.82) is 0 Å². The SMILES string of the molecule is COc1ccc(N2CCN(C(=O)C3CN(c4nc5ccccc5s4)C3)CC2)cc1. The number of hydrogen-bond donors (Lipinski definition) is 0. The van der Waals surface area contributed by atoms with Crippen LogP contribution < -0.4 is 14.5 Å². The number of aromatic nitrogens is 1. The number of carbonyl (C=O) groups excluding carboxylic acids is 1. The number of carbonyl (C=O) groups is 1. The number of amides is 1. The smallest absolute Gasteiger partial charge is 0.229 e. The van der Waals surface area contributed by atoms with Gasteiger partial charge in [-0.3, -0.25) is 4.79 Å². The summed E-state index contributed by atoms with van der Waals surface area (Å²) in [6.45, 7) is 4.85. The van der Waals surface area contributed by atoms with E-state index in [4.69, 9.17) is 9.72 Å². The molecule has 0 radical (unpaired) electrons. The lowest BCUT2D eigenvalue weighted by Crippen LogP contribution is -2.58. The number of fused-ring (bicyclic) bond motifs is 1. The van der Waals surface area contributed by atoms with Crippen molar-refractivity contribution in [2.24, 2.45) is 5.92 Å². The first-order valence-corrected chi connectivity index (χ1v) is 10.8. The Hall–Kier alpha value is -2.80. The van der Waals surface area contributed by atoms with Crippen molar-refractivity contribution in [2.45, 2.75) is 0 Å². The van der Waals surface area contributed by atoms with E-state index in [1.54, 1.807) is 18.4 Å². The number of rotatable bonds is 4. The minimum atomic E-state index is 0.0922. The summed E-state index contributed by atoms with van der Waals surface area (Å²) < 4.78 is 6.43. The molecule has 0 bridgehead atoms. The van der Waals surface area contributed by atoms with E-state index in [1.807, 2.05) is 35.2 Å². The highest BCUT2D eigenvalue weighted by Gasteiger charge is 2.37. The van der Waals surface area contributed by atoms with Gasteiger partial charge in [0, 0.05) is 45.0 Å². The second kappa shape index (κ2) is 7.55. The van der Waals surface area contributed by atoms with Crippen molar-refractivity contribution in [1.82, 2.24) is 9.88 Å². The first-order valence-electron chi connectivity index (χ1n) is 9.99. The lowest BCUT2D eigenvalue weighted by molar-refractivity contribution is -0.136. The molecular formula is C22H24N4O2S. The van der Waals surface area contributed by atoms with E-state index in [0.29, 0.717) is 0 Å². The first-order chi connectivity index (χ1) is 14.2. The topological polar surface area (TPSA) is 48.9 Å². The summed E-state index contributed by atoms with van der Waals surface area (Å²) in [5.41, 5.74) is 2.22. The quantitative estimate of drug-likeness (QED) is 0.664. The van der Waals surface area contributed by atoms with Gasteiger partial charge in [0.15, 0.2) is 5.13 Å². The molecule has 2 fully saturated rings. The Morgan fingerprint density at radius 3 is 2.41 bits per heavy atom. The Kier molecular flexibility index (Phi) is 4.75. The van der Waals surface area contributed by atoms with Gasteiger partial charge in [0.2, 0.25) is 5.91 Å². The highest BCUT2D eigenvalue weighted by molar-refractivity contribution is 7.22. The molecular weight excluding hydrogens is 384 g/mol. The number of piperazine rings is 1. The van der Waals surface area contributed by atoms with Crippen LogP contribution in [0.5, 0.6) is 5.75 Å². The number of ether oxygens (including phenoxy) is 1. The van der Waals surface area contributed by atoms with Crippen molar-refractivity contribution in [3.05, 3.63) is 48.5 Å². The lowest BCUT2D eigenvalue weighted by atomic mass is 9.99. The fourth-order valence-corrected chi connectivity index (χ4v) is 5.01. The van der Waals surface area contributed by atoms with Gasteiger partial charge in [-0.05, 0) is 36.4 Å². The summed E-state index contributed by atoms with van der Waals surface area (Å²) in [4.78, 5) is 24.2. The molecule has 0 N–H and O–H groups in total. The van der Waals surface area contributed by atoms with Crippen molar-refractivity contribution in [3.63, 3.8) is 0 Å². The predicted molar refractivity (Wildman–Crippen MR) is 117 cm³/mol. The van der Waals surface area contributed by atoms with E-state index in [9.17, 15) is 4.79 Å². The Bertz CT molecular complexity index is 972. The van der Waals surface area contributed by atoms with Crippen LogP contribution in [0.2, 0.25) is 0 Å². The predicted octanol–water partition coefficient (Wildman–Crippen LogP) is 3.09. The average Bonchev–Trinajstić information content (AvgIpc) is 3.16. The molecule has 2 aromatic carbocycles. The number of nitrogens with zero attached hydrogens (tertiary/aromatic N) is 4. The minimum Gasteiger partial charge on any atom is -0.497 e. The van der Waals surface area contributed by atoms with Gasteiger partial charge >= 0.3 is 0 Å². The molecule has 2 saturated heterocycles. The molecule has 150 valence electrons. The van der Waals surface area contributed by atoms with Crippen molar-refractivity contribution in [3.8, 4) is 5.75 Å². The van der Waals surface area contributed by atoms with E-state index >= 15 is 0 Å². The van der Waals surface area contributed by atoms with Gasteiger partial charge in [-0.25, -0.2) is 4.98 Å². The van der Waals surface area contributed by atoms with Gasteiger partial charge in [-0.2, -0.15) is 0 Å². The van der Waals surface area contributed by atoms with Crippen molar-refractivity contribution >= 4 is 38.3 Å². The molecule has 0 saturated carbocycles. The molecule has 2 aliphatic rings. The Morgan fingerprint density at radius 1 is 1.00 bits per heavy atom. The van der Waals surface area contributed by atoms with E-state index < -0.39 is 0 Å². The summed E-state index contributed by atoms with van der Waals surface area (Å²) in [6.07, 6.45) is 0. The van der Waals surface area contributed by atoms with Gasteiger partial charge in [-0.15, -0.1) is 0 Å². The number of benzene rings is 2. The van der Waals surface area contributed by atoms with Crippen molar-refractivity contribution in [2.75, 3.05) is 56.2 Å². The molecule has 0 spiro atoms. The average molecular weight is 409 g/mol. The van der Waals surface area contributed by atoms with E-state index in [0.717, 1.165) is 55.7 Å². The summed E-state index contributed by atoms with van der Waals surface area (Å²) in [6, 6.07) is 16.3. The molecule has 0 atom stereocenters. The maximum absolute atomic E-state index is 12.9. The Labute approximate surface area is 174 Å². The summed E-state index contributed by atoms with van der Waals surface area (Å²) >= 11 is 1.71. The zero-order valence-electron chi connectivity index (χ0n) is 16.5. The molecule has 3 heterocycles. The Balaban J connectivity index is 1.14. The highest BCUT2D eigenvalue weighted by Crippen LogP contribution is 2.33. The third kappa shape index (κ3) is 3.51. The monoisotopic (exact) mass is 408 g/mol. The third-order valence-electron chi connectivity index (χ3n) is 5.81. The summed E-state index contributed by atoms with van der Waals surface area (Å²) in [7, 11) is 1.68. The molecule has 7 heteroatoms. The normalized spacial score (nSPS) is 17.5. The number of hydrogen-bond acceptors (Lipinski definition) is 6. The van der Waals surface area contributed by atoms with Crippen LogP contribution in [-0.2, 0) is 4.79 Å². The number of methoxy groups -OCH3 is 1. The zero-order chi connectivity index (χ0) is 19.8. The Morgan fingerprint density at radius 2 is 1.72 bits per heavy atom. The number of anilines is 2. The van der Waals surface area contributed by atoms with Gasteiger partial charge in [0.25, 0.3) is 0 Å². The van der Waals surface area contributed by atoms with E-state index in [2.05, 4.69) is 28.0 Å². The second-order valence-electron chi connectivity index (χ2n) is 7.58. The standard InChI is InChI=1S/C22H24N4O2S/c1-28-18-8-6-17(7-9-18)24-10-12-25(13-11-24)21(27)16-14-26(15-16)22-23-19-4-2-3-5-20(19)29-22/h2-9,16H,10-15H2,1H3. The number of thiazole rings is 1. The van der Waals surface area contributed by atoms with Crippen LogP contribution in [0.25, 0.3) is 10.2 Å².